The minimum atomic E-state index is 0.392. The van der Waals surface area contributed by atoms with E-state index in [9.17, 15) is 0 Å². The summed E-state index contributed by atoms with van der Waals surface area (Å²) in [4.78, 5) is 0. The Morgan fingerprint density at radius 3 is 2.91 bits per heavy atom. The average molecular weight is 258 g/mol. The molecule has 0 aromatic heterocycles. The lowest BCUT2D eigenvalue weighted by atomic mass is 10.1. The third kappa shape index (κ3) is 2.09. The van der Waals surface area contributed by atoms with E-state index in [2.05, 4.69) is 28.7 Å². The molecule has 0 heterocycles. The first-order chi connectivity index (χ1) is 5.24. The van der Waals surface area contributed by atoms with E-state index >= 15 is 0 Å². The molecule has 11 heavy (non-hydrogen) atoms. The van der Waals surface area contributed by atoms with E-state index < -0.39 is 0 Å². The first-order valence-corrected chi connectivity index (χ1v) is 4.23. The van der Waals surface area contributed by atoms with E-state index in [1.165, 1.54) is 0 Å². The number of nitrogens with two attached hydrogens (primary N) is 1. The van der Waals surface area contributed by atoms with Crippen LogP contribution in [0.1, 0.15) is 5.56 Å². The zero-order chi connectivity index (χ0) is 8.27. The molecular weight excluding hydrogens is 251 g/mol. The van der Waals surface area contributed by atoms with Crippen molar-refractivity contribution in [2.45, 2.75) is 6.42 Å². The van der Waals surface area contributed by atoms with Gasteiger partial charge in [0.15, 0.2) is 0 Å². The van der Waals surface area contributed by atoms with Gasteiger partial charge in [-0.2, -0.15) is 5.26 Å². The topological polar surface area (TPSA) is 49.8 Å². The maximum absolute atomic E-state index is 8.43. The quantitative estimate of drug-likeness (QED) is 0.618. The van der Waals surface area contributed by atoms with Crippen molar-refractivity contribution in [2.24, 2.45) is 0 Å². The van der Waals surface area contributed by atoms with Gasteiger partial charge in [0.2, 0.25) is 0 Å². The van der Waals surface area contributed by atoms with Crippen LogP contribution in [0.3, 0.4) is 0 Å². The fraction of sp³-hybridized carbons (Fsp3) is 0.125. The number of anilines is 1. The lowest BCUT2D eigenvalue weighted by molar-refractivity contribution is 1.26. The first kappa shape index (κ1) is 8.34. The lowest BCUT2D eigenvalue weighted by Gasteiger charge is -2.00. The van der Waals surface area contributed by atoms with Crippen molar-refractivity contribution in [3.63, 3.8) is 0 Å². The van der Waals surface area contributed by atoms with Gasteiger partial charge < -0.3 is 5.73 Å². The highest BCUT2D eigenvalue weighted by Gasteiger charge is 1.97. The summed E-state index contributed by atoms with van der Waals surface area (Å²) in [5, 5.41) is 8.43. The van der Waals surface area contributed by atoms with Gasteiger partial charge in [-0.15, -0.1) is 0 Å². The maximum atomic E-state index is 8.43. The molecule has 2 N–H and O–H groups in total. The van der Waals surface area contributed by atoms with Crippen LogP contribution >= 0.6 is 22.6 Å². The molecule has 0 atom stereocenters. The molecule has 0 radical (unpaired) electrons. The predicted molar refractivity (Wildman–Crippen MR) is 52.9 cm³/mol. The summed E-state index contributed by atoms with van der Waals surface area (Å²) < 4.78 is 1.11. The van der Waals surface area contributed by atoms with Gasteiger partial charge in [0.05, 0.1) is 12.5 Å². The van der Waals surface area contributed by atoms with Crippen molar-refractivity contribution in [1.82, 2.24) is 0 Å². The Bertz CT molecular complexity index is 301. The summed E-state index contributed by atoms with van der Waals surface area (Å²) in [6.45, 7) is 0. The largest absolute Gasteiger partial charge is 0.398 e. The molecular formula is C8H7IN2. The van der Waals surface area contributed by atoms with Gasteiger partial charge in [0, 0.05) is 9.26 Å². The standard InChI is InChI=1S/C8H7IN2/c9-7-1-2-8(11)6(5-7)3-4-10/h1-2,5H,3,11H2. The van der Waals surface area contributed by atoms with Crippen molar-refractivity contribution < 1.29 is 0 Å². The fourth-order valence-corrected chi connectivity index (χ4v) is 1.37. The van der Waals surface area contributed by atoms with E-state index in [1.54, 1.807) is 0 Å². The van der Waals surface area contributed by atoms with E-state index in [1.807, 2.05) is 18.2 Å². The molecule has 3 heteroatoms. The van der Waals surface area contributed by atoms with Crippen LogP contribution in [0, 0.1) is 14.9 Å². The molecule has 56 valence electrons. The van der Waals surface area contributed by atoms with Crippen molar-refractivity contribution in [3.05, 3.63) is 27.3 Å². The second kappa shape index (κ2) is 3.58. The number of halogens is 1. The minimum Gasteiger partial charge on any atom is -0.398 e. The summed E-state index contributed by atoms with van der Waals surface area (Å²) in [5.74, 6) is 0. The van der Waals surface area contributed by atoms with Crippen molar-refractivity contribution in [2.75, 3.05) is 5.73 Å². The summed E-state index contributed by atoms with van der Waals surface area (Å²) in [5.41, 5.74) is 7.24. The van der Waals surface area contributed by atoms with Crippen LogP contribution in [0.2, 0.25) is 0 Å². The third-order valence-corrected chi connectivity index (χ3v) is 2.05. The molecule has 1 rings (SSSR count). The van der Waals surface area contributed by atoms with Crippen LogP contribution in [0.4, 0.5) is 5.69 Å². The number of benzene rings is 1. The number of nitrogens with zero attached hydrogens (tertiary/aromatic N) is 1. The zero-order valence-corrected chi connectivity index (χ0v) is 8.00. The first-order valence-electron chi connectivity index (χ1n) is 3.15. The van der Waals surface area contributed by atoms with Crippen LogP contribution in [0.25, 0.3) is 0 Å². The Morgan fingerprint density at radius 2 is 2.27 bits per heavy atom. The maximum Gasteiger partial charge on any atom is 0.0670 e. The number of nitriles is 1. The van der Waals surface area contributed by atoms with Crippen LogP contribution in [-0.4, -0.2) is 0 Å². The SMILES string of the molecule is N#CCc1cc(I)ccc1N. The van der Waals surface area contributed by atoms with Crippen molar-refractivity contribution in [3.8, 4) is 6.07 Å². The smallest absolute Gasteiger partial charge is 0.0670 e. The number of rotatable bonds is 1. The van der Waals surface area contributed by atoms with Gasteiger partial charge in [0.25, 0.3) is 0 Å². The highest BCUT2D eigenvalue weighted by Crippen LogP contribution is 2.15. The van der Waals surface area contributed by atoms with Crippen molar-refractivity contribution >= 4 is 28.3 Å². The van der Waals surface area contributed by atoms with E-state index in [4.69, 9.17) is 11.0 Å². The molecule has 0 aliphatic carbocycles. The van der Waals surface area contributed by atoms with E-state index in [0.717, 1.165) is 9.13 Å². The zero-order valence-electron chi connectivity index (χ0n) is 5.84. The molecule has 0 aliphatic rings. The molecule has 0 saturated heterocycles. The second-order valence-electron chi connectivity index (χ2n) is 2.18. The average Bonchev–Trinajstić information content (AvgIpc) is 1.98. The van der Waals surface area contributed by atoms with Gasteiger partial charge in [-0.25, -0.2) is 0 Å². The molecule has 1 aromatic carbocycles. The third-order valence-electron chi connectivity index (χ3n) is 1.37. The predicted octanol–water partition coefficient (Wildman–Crippen LogP) is 1.94. The number of hydrogen-bond donors (Lipinski definition) is 1. The van der Waals surface area contributed by atoms with Crippen LogP contribution in [0.15, 0.2) is 18.2 Å². The molecule has 0 aliphatic heterocycles. The molecule has 1 aromatic rings. The number of hydrogen-bond acceptors (Lipinski definition) is 2. The van der Waals surface area contributed by atoms with Gasteiger partial charge in [-0.3, -0.25) is 0 Å². The highest BCUT2D eigenvalue weighted by molar-refractivity contribution is 14.1. The second-order valence-corrected chi connectivity index (χ2v) is 3.42. The lowest BCUT2D eigenvalue weighted by Crippen LogP contribution is -1.93. The Balaban J connectivity index is 3.05. The van der Waals surface area contributed by atoms with Crippen LogP contribution < -0.4 is 5.73 Å². The van der Waals surface area contributed by atoms with Crippen LogP contribution in [0.5, 0.6) is 0 Å². The molecule has 0 saturated carbocycles. The molecule has 0 spiro atoms. The van der Waals surface area contributed by atoms with E-state index in [0.29, 0.717) is 12.1 Å². The summed E-state index contributed by atoms with van der Waals surface area (Å²) in [6, 6.07) is 7.75. The molecule has 0 unspecified atom stereocenters. The number of nitrogen functional groups attached to an aromatic ring is 1. The van der Waals surface area contributed by atoms with Gasteiger partial charge in [0.1, 0.15) is 0 Å². The Hall–Kier alpha value is -0.760. The Morgan fingerprint density at radius 1 is 1.55 bits per heavy atom. The Labute approximate surface area is 79.2 Å². The molecule has 0 amide bonds. The van der Waals surface area contributed by atoms with Crippen LogP contribution in [-0.2, 0) is 6.42 Å². The van der Waals surface area contributed by atoms with Gasteiger partial charge in [-0.05, 0) is 46.4 Å². The molecule has 2 nitrogen and oxygen atoms in total. The Kier molecular flexibility index (Phi) is 2.71. The summed E-state index contributed by atoms with van der Waals surface area (Å²) in [6.07, 6.45) is 0.392. The van der Waals surface area contributed by atoms with Gasteiger partial charge >= 0.3 is 0 Å². The monoisotopic (exact) mass is 258 g/mol. The fourth-order valence-electron chi connectivity index (χ4n) is 0.813. The highest BCUT2D eigenvalue weighted by atomic mass is 127. The van der Waals surface area contributed by atoms with Crippen molar-refractivity contribution in [1.29, 1.82) is 5.26 Å². The summed E-state index contributed by atoms with van der Waals surface area (Å²) in [7, 11) is 0. The normalized spacial score (nSPS) is 9.09. The van der Waals surface area contributed by atoms with E-state index in [-0.39, 0.29) is 0 Å². The summed E-state index contributed by atoms with van der Waals surface area (Å²) >= 11 is 2.20. The molecule has 0 bridgehead atoms. The van der Waals surface area contributed by atoms with Gasteiger partial charge in [-0.1, -0.05) is 0 Å². The molecule has 0 fully saturated rings. The minimum absolute atomic E-state index is 0.392.